The third kappa shape index (κ3) is 8.42. The number of hydrogen-bond donors (Lipinski definition) is 2. The van der Waals surface area contributed by atoms with Gasteiger partial charge in [-0.15, -0.1) is 0 Å². The SMILES string of the molecule is O=C(ON=C(CCCCC(=NOC(=O)c1ccccc1)c1cc(Cl)ccc1O)c1cc(Cl)ccc1O)c1ccccc1. The average molecular weight is 605 g/mol. The largest absolute Gasteiger partial charge is 0.507 e. The van der Waals surface area contributed by atoms with Crippen LogP contribution in [0.25, 0.3) is 0 Å². The van der Waals surface area contributed by atoms with E-state index < -0.39 is 11.9 Å². The highest BCUT2D eigenvalue weighted by molar-refractivity contribution is 6.31. The van der Waals surface area contributed by atoms with Gasteiger partial charge in [0, 0.05) is 21.2 Å². The van der Waals surface area contributed by atoms with Crippen molar-refractivity contribution >= 4 is 46.6 Å². The molecule has 4 rings (SSSR count). The Labute approximate surface area is 252 Å². The molecule has 42 heavy (non-hydrogen) atoms. The number of halogens is 2. The van der Waals surface area contributed by atoms with Crippen LogP contribution in [0.3, 0.4) is 0 Å². The molecule has 0 saturated heterocycles. The molecule has 0 aromatic heterocycles. The number of benzene rings is 4. The van der Waals surface area contributed by atoms with Crippen molar-refractivity contribution in [3.8, 4) is 11.5 Å². The Kier molecular flexibility index (Phi) is 10.7. The first-order valence-electron chi connectivity index (χ1n) is 13.0. The van der Waals surface area contributed by atoms with Gasteiger partial charge in [-0.25, -0.2) is 9.59 Å². The molecule has 10 heteroatoms. The number of oxime groups is 2. The molecule has 0 spiro atoms. The van der Waals surface area contributed by atoms with Gasteiger partial charge in [0.15, 0.2) is 0 Å². The highest BCUT2D eigenvalue weighted by Crippen LogP contribution is 2.27. The van der Waals surface area contributed by atoms with Gasteiger partial charge in [-0.2, -0.15) is 0 Å². The zero-order valence-electron chi connectivity index (χ0n) is 22.2. The number of nitrogens with zero attached hydrogens (tertiary/aromatic N) is 2. The molecule has 0 amide bonds. The number of carbonyl (C=O) groups is 2. The smallest absolute Gasteiger partial charge is 0.365 e. The Morgan fingerprint density at radius 1 is 0.595 bits per heavy atom. The Bertz CT molecular complexity index is 1490. The fraction of sp³-hybridized carbons (Fsp3) is 0.125. The second-order valence-electron chi connectivity index (χ2n) is 9.10. The molecule has 0 aliphatic heterocycles. The van der Waals surface area contributed by atoms with Gasteiger partial charge >= 0.3 is 11.9 Å². The first kappa shape index (κ1) is 30.3. The van der Waals surface area contributed by atoms with Crippen LogP contribution in [-0.2, 0) is 9.68 Å². The number of phenols is 2. The van der Waals surface area contributed by atoms with Gasteiger partial charge < -0.3 is 19.9 Å². The van der Waals surface area contributed by atoms with Crippen molar-refractivity contribution in [3.05, 3.63) is 129 Å². The molecule has 0 fully saturated rings. The summed E-state index contributed by atoms with van der Waals surface area (Å²) in [7, 11) is 0. The highest BCUT2D eigenvalue weighted by atomic mass is 35.5. The van der Waals surface area contributed by atoms with E-state index in [-0.39, 0.29) is 24.3 Å². The highest BCUT2D eigenvalue weighted by Gasteiger charge is 2.16. The molecular weight excluding hydrogens is 579 g/mol. The maximum atomic E-state index is 12.5. The quantitative estimate of drug-likeness (QED) is 0.0780. The summed E-state index contributed by atoms with van der Waals surface area (Å²) in [5, 5.41) is 29.8. The minimum absolute atomic E-state index is 0.0761. The predicted molar refractivity (Wildman–Crippen MR) is 161 cm³/mol. The molecule has 0 bridgehead atoms. The fourth-order valence-corrected chi connectivity index (χ4v) is 4.31. The molecule has 0 aliphatic carbocycles. The minimum Gasteiger partial charge on any atom is -0.507 e. The molecule has 0 unspecified atom stereocenters. The van der Waals surface area contributed by atoms with Gasteiger partial charge in [0.05, 0.1) is 22.6 Å². The summed E-state index contributed by atoms with van der Waals surface area (Å²) >= 11 is 12.3. The van der Waals surface area contributed by atoms with Crippen molar-refractivity contribution in [2.24, 2.45) is 10.3 Å². The summed E-state index contributed by atoms with van der Waals surface area (Å²) in [5.41, 5.74) is 1.90. The third-order valence-corrected chi connectivity index (χ3v) is 6.58. The van der Waals surface area contributed by atoms with Crippen LogP contribution in [0.15, 0.2) is 107 Å². The predicted octanol–water partition coefficient (Wildman–Crippen LogP) is 7.79. The molecule has 0 saturated carbocycles. The summed E-state index contributed by atoms with van der Waals surface area (Å²) in [6, 6.07) is 25.8. The van der Waals surface area contributed by atoms with E-state index in [4.69, 9.17) is 32.9 Å². The maximum absolute atomic E-state index is 12.5. The number of phenolic OH excluding ortho intramolecular Hbond substituents is 2. The summed E-state index contributed by atoms with van der Waals surface area (Å²) in [6.07, 6.45) is 1.55. The van der Waals surface area contributed by atoms with E-state index in [2.05, 4.69) is 10.3 Å². The van der Waals surface area contributed by atoms with Crippen molar-refractivity contribution in [1.29, 1.82) is 0 Å². The Morgan fingerprint density at radius 2 is 0.976 bits per heavy atom. The van der Waals surface area contributed by atoms with E-state index in [1.54, 1.807) is 60.7 Å². The monoisotopic (exact) mass is 604 g/mol. The number of unbranched alkanes of at least 4 members (excludes halogenated alkanes) is 1. The zero-order valence-corrected chi connectivity index (χ0v) is 23.8. The summed E-state index contributed by atoms with van der Waals surface area (Å²) in [5.74, 6) is -1.46. The number of rotatable bonds is 11. The first-order chi connectivity index (χ1) is 20.3. The van der Waals surface area contributed by atoms with Crippen LogP contribution >= 0.6 is 23.2 Å². The van der Waals surface area contributed by atoms with E-state index in [0.717, 1.165) is 0 Å². The van der Waals surface area contributed by atoms with E-state index in [0.29, 0.717) is 56.6 Å². The lowest BCUT2D eigenvalue weighted by atomic mass is 9.99. The van der Waals surface area contributed by atoms with E-state index in [1.807, 2.05) is 0 Å². The molecule has 4 aromatic rings. The lowest BCUT2D eigenvalue weighted by Gasteiger charge is -2.11. The molecule has 2 N–H and O–H groups in total. The van der Waals surface area contributed by atoms with Gasteiger partial charge in [0.1, 0.15) is 11.5 Å². The molecule has 4 aromatic carbocycles. The fourth-order valence-electron chi connectivity index (χ4n) is 3.97. The van der Waals surface area contributed by atoms with E-state index in [9.17, 15) is 19.8 Å². The molecule has 0 atom stereocenters. The van der Waals surface area contributed by atoms with E-state index in [1.165, 1.54) is 36.4 Å². The van der Waals surface area contributed by atoms with E-state index >= 15 is 0 Å². The van der Waals surface area contributed by atoms with Crippen LogP contribution in [0.4, 0.5) is 0 Å². The molecule has 0 radical (unpaired) electrons. The molecule has 0 heterocycles. The van der Waals surface area contributed by atoms with Gasteiger partial charge in [0.2, 0.25) is 0 Å². The number of aromatic hydroxyl groups is 2. The molecule has 0 aliphatic rings. The normalized spacial score (nSPS) is 11.7. The molecule has 214 valence electrons. The second-order valence-corrected chi connectivity index (χ2v) is 9.97. The van der Waals surface area contributed by atoms with Crippen molar-refractivity contribution in [2.45, 2.75) is 25.7 Å². The van der Waals surface area contributed by atoms with Gasteiger partial charge in [0.25, 0.3) is 0 Å². The second kappa shape index (κ2) is 14.8. The molecular formula is C32H26Cl2N2O6. The van der Waals surface area contributed by atoms with Crippen molar-refractivity contribution in [2.75, 3.05) is 0 Å². The Hall–Kier alpha value is -4.66. The minimum atomic E-state index is -0.652. The van der Waals surface area contributed by atoms with Crippen molar-refractivity contribution < 1.29 is 29.5 Å². The Morgan fingerprint density at radius 3 is 1.36 bits per heavy atom. The van der Waals surface area contributed by atoms with Gasteiger partial charge in [-0.05, 0) is 86.3 Å². The van der Waals surface area contributed by atoms with Crippen LogP contribution in [-0.4, -0.2) is 33.6 Å². The lowest BCUT2D eigenvalue weighted by molar-refractivity contribution is 0.0506. The summed E-state index contributed by atoms with van der Waals surface area (Å²) in [6.45, 7) is 0. The lowest BCUT2D eigenvalue weighted by Crippen LogP contribution is -2.09. The van der Waals surface area contributed by atoms with Crippen molar-refractivity contribution in [3.63, 3.8) is 0 Å². The van der Waals surface area contributed by atoms with Crippen LogP contribution in [0.2, 0.25) is 10.0 Å². The zero-order chi connectivity index (χ0) is 29.9. The third-order valence-electron chi connectivity index (χ3n) is 6.11. The van der Waals surface area contributed by atoms with Crippen LogP contribution in [0.1, 0.15) is 57.5 Å². The number of hydrogen-bond acceptors (Lipinski definition) is 8. The van der Waals surface area contributed by atoms with Crippen molar-refractivity contribution in [1.82, 2.24) is 0 Å². The average Bonchev–Trinajstić information content (AvgIpc) is 3.01. The van der Waals surface area contributed by atoms with Gasteiger partial charge in [-0.1, -0.05) is 69.9 Å². The van der Waals surface area contributed by atoms with Crippen LogP contribution in [0.5, 0.6) is 11.5 Å². The standard InChI is InChI=1S/C32H26Cl2N2O6/c33-23-15-17-29(37)25(19-23)27(35-41-31(39)21-9-3-1-4-10-21)13-7-8-14-28(26-20-24(34)16-18-30(26)38)36-42-32(40)22-11-5-2-6-12-22/h1-6,9-12,15-20,37-38H,7-8,13-14H2. The Balaban J connectivity index is 1.51. The first-order valence-corrected chi connectivity index (χ1v) is 13.7. The van der Waals surface area contributed by atoms with Crippen LogP contribution in [0, 0.1) is 0 Å². The van der Waals surface area contributed by atoms with Gasteiger partial charge in [-0.3, -0.25) is 0 Å². The maximum Gasteiger partial charge on any atom is 0.365 e. The number of carbonyl (C=O) groups excluding carboxylic acids is 2. The molecule has 8 nitrogen and oxygen atoms in total. The summed E-state index contributed by atoms with van der Waals surface area (Å²) < 4.78 is 0. The topological polar surface area (TPSA) is 118 Å². The van der Waals surface area contributed by atoms with Crippen LogP contribution < -0.4 is 0 Å². The summed E-state index contributed by atoms with van der Waals surface area (Å²) in [4.78, 5) is 35.4.